The molecule has 0 aromatic heterocycles. The predicted octanol–water partition coefficient (Wildman–Crippen LogP) is 3.93. The highest BCUT2D eigenvalue weighted by Crippen LogP contribution is 2.21. The molecule has 0 aliphatic carbocycles. The largest absolute Gasteiger partial charge is 0.307 e. The minimum Gasteiger partial charge on any atom is -0.307 e. The van der Waals surface area contributed by atoms with E-state index in [1.165, 1.54) is 49.4 Å². The highest BCUT2D eigenvalue weighted by Gasteiger charge is 2.20. The number of rotatable bonds is 6. The van der Waals surface area contributed by atoms with Crippen molar-refractivity contribution in [1.29, 1.82) is 0 Å². The predicted molar refractivity (Wildman–Crippen MR) is 89.5 cm³/mol. The Labute approximate surface area is 128 Å². The summed E-state index contributed by atoms with van der Waals surface area (Å²) in [7, 11) is 0. The quantitative estimate of drug-likeness (QED) is 0.800. The maximum atomic E-state index is 3.80. The van der Waals surface area contributed by atoms with Crippen molar-refractivity contribution in [2.45, 2.75) is 50.1 Å². The van der Waals surface area contributed by atoms with E-state index in [0.29, 0.717) is 12.1 Å². The van der Waals surface area contributed by atoms with Gasteiger partial charge in [-0.1, -0.05) is 19.1 Å². The van der Waals surface area contributed by atoms with Gasteiger partial charge in [0, 0.05) is 17.0 Å². The van der Waals surface area contributed by atoms with Gasteiger partial charge in [0.25, 0.3) is 0 Å². The molecule has 1 aromatic carbocycles. The number of likely N-dealkylation sites (tertiary alicyclic amines) is 1. The van der Waals surface area contributed by atoms with Gasteiger partial charge in [0.15, 0.2) is 0 Å². The zero-order valence-corrected chi connectivity index (χ0v) is 13.9. The molecule has 1 N–H and O–H groups in total. The lowest BCUT2D eigenvalue weighted by Crippen LogP contribution is -2.43. The molecule has 1 aliphatic rings. The Bertz CT molecular complexity index is 382. The van der Waals surface area contributed by atoms with Gasteiger partial charge in [-0.15, -0.1) is 11.8 Å². The Morgan fingerprint density at radius 2 is 1.90 bits per heavy atom. The lowest BCUT2D eigenvalue weighted by atomic mass is 10.0. The van der Waals surface area contributed by atoms with Crippen LogP contribution >= 0.6 is 11.8 Å². The number of hydrogen-bond donors (Lipinski definition) is 1. The molecule has 0 bridgehead atoms. The Morgan fingerprint density at radius 3 is 2.45 bits per heavy atom. The molecule has 2 rings (SSSR count). The molecule has 0 amide bonds. The zero-order chi connectivity index (χ0) is 14.4. The first-order valence-electron chi connectivity index (χ1n) is 7.85. The molecule has 0 radical (unpaired) electrons. The highest BCUT2D eigenvalue weighted by atomic mass is 32.2. The van der Waals surface area contributed by atoms with E-state index in [9.17, 15) is 0 Å². The summed E-state index contributed by atoms with van der Waals surface area (Å²) in [6.07, 6.45) is 5.97. The molecule has 3 heteroatoms. The number of benzene rings is 1. The summed E-state index contributed by atoms with van der Waals surface area (Å²) < 4.78 is 0. The zero-order valence-electron chi connectivity index (χ0n) is 13.1. The normalized spacial score (nSPS) is 19.1. The average molecular weight is 292 g/mol. The van der Waals surface area contributed by atoms with Gasteiger partial charge in [-0.3, -0.25) is 0 Å². The highest BCUT2D eigenvalue weighted by molar-refractivity contribution is 7.98. The van der Waals surface area contributed by atoms with Crippen molar-refractivity contribution in [2.75, 3.05) is 25.9 Å². The molecular formula is C17H28N2S. The first-order valence-corrected chi connectivity index (χ1v) is 9.07. The van der Waals surface area contributed by atoms with Gasteiger partial charge in [0.05, 0.1) is 0 Å². The van der Waals surface area contributed by atoms with Crippen LogP contribution in [0.1, 0.15) is 44.7 Å². The molecule has 112 valence electrons. The Hall–Kier alpha value is -0.510. The van der Waals surface area contributed by atoms with Crippen molar-refractivity contribution in [3.8, 4) is 0 Å². The molecule has 1 unspecified atom stereocenters. The minimum absolute atomic E-state index is 0.452. The number of nitrogens with zero attached hydrogens (tertiary/aromatic N) is 1. The third-order valence-corrected chi connectivity index (χ3v) is 4.97. The lowest BCUT2D eigenvalue weighted by Gasteiger charge is -2.33. The summed E-state index contributed by atoms with van der Waals surface area (Å²) in [5.41, 5.74) is 1.40. The summed E-state index contributed by atoms with van der Waals surface area (Å²) in [5.74, 6) is 0. The third-order valence-electron chi connectivity index (χ3n) is 4.23. The monoisotopic (exact) mass is 292 g/mol. The van der Waals surface area contributed by atoms with Gasteiger partial charge in [0.1, 0.15) is 0 Å². The van der Waals surface area contributed by atoms with E-state index in [4.69, 9.17) is 0 Å². The van der Waals surface area contributed by atoms with Crippen LogP contribution in [0, 0.1) is 0 Å². The van der Waals surface area contributed by atoms with Crippen LogP contribution in [0.15, 0.2) is 29.2 Å². The van der Waals surface area contributed by atoms with Crippen molar-refractivity contribution in [3.63, 3.8) is 0 Å². The summed E-state index contributed by atoms with van der Waals surface area (Å²) in [4.78, 5) is 3.93. The second-order valence-electron chi connectivity index (χ2n) is 5.78. The second-order valence-corrected chi connectivity index (χ2v) is 6.66. The van der Waals surface area contributed by atoms with Crippen molar-refractivity contribution in [1.82, 2.24) is 10.2 Å². The van der Waals surface area contributed by atoms with Gasteiger partial charge >= 0.3 is 0 Å². The van der Waals surface area contributed by atoms with E-state index in [2.05, 4.69) is 54.6 Å². The second kappa shape index (κ2) is 8.06. The first kappa shape index (κ1) is 15.9. The Morgan fingerprint density at radius 1 is 1.25 bits per heavy atom. The van der Waals surface area contributed by atoms with Crippen molar-refractivity contribution in [2.24, 2.45) is 0 Å². The molecule has 2 nitrogen and oxygen atoms in total. The standard InChI is InChI=1S/C17H28N2S/c1-4-11-19-12-9-16(10-13-19)18-14(2)15-5-7-17(20-3)8-6-15/h5-8,14,16,18H,4,9-13H2,1-3H3. The Balaban J connectivity index is 1.81. The van der Waals surface area contributed by atoms with Crippen LogP contribution in [-0.4, -0.2) is 36.8 Å². The van der Waals surface area contributed by atoms with Gasteiger partial charge in [0.2, 0.25) is 0 Å². The van der Waals surface area contributed by atoms with E-state index in [0.717, 1.165) is 0 Å². The van der Waals surface area contributed by atoms with Crippen LogP contribution in [0.25, 0.3) is 0 Å². The maximum absolute atomic E-state index is 3.80. The SMILES string of the molecule is CCCN1CCC(NC(C)c2ccc(SC)cc2)CC1. The topological polar surface area (TPSA) is 15.3 Å². The van der Waals surface area contributed by atoms with E-state index >= 15 is 0 Å². The molecule has 1 atom stereocenters. The van der Waals surface area contributed by atoms with Crippen LogP contribution in [0.5, 0.6) is 0 Å². The molecule has 1 fully saturated rings. The van der Waals surface area contributed by atoms with Gasteiger partial charge in [-0.05, 0) is 69.8 Å². The smallest absolute Gasteiger partial charge is 0.0294 e. The fraction of sp³-hybridized carbons (Fsp3) is 0.647. The fourth-order valence-electron chi connectivity index (χ4n) is 2.98. The molecule has 1 aromatic rings. The number of nitrogens with one attached hydrogen (secondary N) is 1. The van der Waals surface area contributed by atoms with Crippen LogP contribution in [0.4, 0.5) is 0 Å². The van der Waals surface area contributed by atoms with Crippen LogP contribution in [-0.2, 0) is 0 Å². The van der Waals surface area contributed by atoms with Crippen LogP contribution in [0.2, 0.25) is 0 Å². The lowest BCUT2D eigenvalue weighted by molar-refractivity contribution is 0.192. The van der Waals surface area contributed by atoms with Crippen LogP contribution in [0.3, 0.4) is 0 Å². The average Bonchev–Trinajstić information content (AvgIpc) is 2.49. The minimum atomic E-state index is 0.452. The third kappa shape index (κ3) is 4.51. The molecule has 1 heterocycles. The molecular weight excluding hydrogens is 264 g/mol. The molecule has 1 aliphatic heterocycles. The summed E-state index contributed by atoms with van der Waals surface area (Å²) in [6.45, 7) is 8.32. The first-order chi connectivity index (χ1) is 9.72. The molecule has 1 saturated heterocycles. The van der Waals surface area contributed by atoms with Crippen LogP contribution < -0.4 is 5.32 Å². The van der Waals surface area contributed by atoms with E-state index in [-0.39, 0.29) is 0 Å². The van der Waals surface area contributed by atoms with E-state index in [1.807, 2.05) is 0 Å². The number of piperidine rings is 1. The fourth-order valence-corrected chi connectivity index (χ4v) is 3.39. The molecule has 0 spiro atoms. The van der Waals surface area contributed by atoms with Crippen molar-refractivity contribution < 1.29 is 0 Å². The van der Waals surface area contributed by atoms with E-state index < -0.39 is 0 Å². The number of hydrogen-bond acceptors (Lipinski definition) is 3. The summed E-state index contributed by atoms with van der Waals surface area (Å²) >= 11 is 1.80. The van der Waals surface area contributed by atoms with Gasteiger partial charge in [-0.25, -0.2) is 0 Å². The molecule has 20 heavy (non-hydrogen) atoms. The van der Waals surface area contributed by atoms with E-state index in [1.54, 1.807) is 11.8 Å². The van der Waals surface area contributed by atoms with Gasteiger partial charge < -0.3 is 10.2 Å². The maximum Gasteiger partial charge on any atom is 0.0294 e. The van der Waals surface area contributed by atoms with Gasteiger partial charge in [-0.2, -0.15) is 0 Å². The van der Waals surface area contributed by atoms with Crippen molar-refractivity contribution in [3.05, 3.63) is 29.8 Å². The number of thioether (sulfide) groups is 1. The molecule has 0 saturated carbocycles. The summed E-state index contributed by atoms with van der Waals surface area (Å²) in [5, 5.41) is 3.80. The summed E-state index contributed by atoms with van der Waals surface area (Å²) in [6, 6.07) is 10.1. The van der Waals surface area contributed by atoms with Crippen molar-refractivity contribution >= 4 is 11.8 Å². The Kier molecular flexibility index (Phi) is 6.40.